The number of rotatable bonds is 5. The molecule has 2 unspecified atom stereocenters. The Morgan fingerprint density at radius 3 is 2.37 bits per heavy atom. The third kappa shape index (κ3) is 5.02. The Morgan fingerprint density at radius 1 is 1.13 bits per heavy atom. The topological polar surface area (TPSA) is 50.7 Å². The summed E-state index contributed by atoms with van der Waals surface area (Å²) < 4.78 is 40.8. The molecule has 10 heteroatoms. The molecule has 4 nitrogen and oxygen atoms in total. The van der Waals surface area contributed by atoms with Crippen LogP contribution in [0.15, 0.2) is 41.6 Å². The molecular formula is C20H16Cl3F3N2O2. The van der Waals surface area contributed by atoms with Crippen molar-refractivity contribution < 1.29 is 22.8 Å². The molecule has 3 rings (SSSR count). The lowest BCUT2D eigenvalue weighted by molar-refractivity contribution is -0.216. The van der Waals surface area contributed by atoms with Crippen molar-refractivity contribution in [1.29, 1.82) is 0 Å². The van der Waals surface area contributed by atoms with Crippen molar-refractivity contribution in [1.82, 2.24) is 5.32 Å². The van der Waals surface area contributed by atoms with E-state index in [2.05, 4.69) is 10.5 Å². The van der Waals surface area contributed by atoms with E-state index in [9.17, 15) is 18.0 Å². The molecule has 2 atom stereocenters. The normalized spacial score (nSPS) is 18.7. The molecule has 0 saturated heterocycles. The van der Waals surface area contributed by atoms with Gasteiger partial charge < -0.3 is 10.2 Å². The van der Waals surface area contributed by atoms with Gasteiger partial charge in [-0.05, 0) is 35.4 Å². The molecule has 2 aromatic carbocycles. The second-order valence-corrected chi connectivity index (χ2v) is 7.94. The Balaban J connectivity index is 1.97. The summed E-state index contributed by atoms with van der Waals surface area (Å²) in [6.07, 6.45) is -6.53. The van der Waals surface area contributed by atoms with Crippen molar-refractivity contribution in [3.05, 3.63) is 68.2 Å². The van der Waals surface area contributed by atoms with E-state index in [4.69, 9.17) is 39.6 Å². The second kappa shape index (κ2) is 9.04. The lowest BCUT2D eigenvalue weighted by Crippen LogP contribution is -2.35. The monoisotopic (exact) mass is 478 g/mol. The number of carbonyl (C=O) groups excluding carboxylic acids is 1. The fourth-order valence-electron chi connectivity index (χ4n) is 3.11. The number of amides is 1. The lowest BCUT2D eigenvalue weighted by Gasteiger charge is -2.22. The first kappa shape index (κ1) is 22.7. The van der Waals surface area contributed by atoms with E-state index >= 15 is 0 Å². The molecule has 0 aliphatic carbocycles. The summed E-state index contributed by atoms with van der Waals surface area (Å²) in [5.41, 5.74) is 1.26. The van der Waals surface area contributed by atoms with E-state index < -0.39 is 18.2 Å². The van der Waals surface area contributed by atoms with Crippen LogP contribution >= 0.6 is 34.8 Å². The highest BCUT2D eigenvalue weighted by molar-refractivity contribution is 6.35. The number of benzene rings is 2. The van der Waals surface area contributed by atoms with E-state index in [1.165, 1.54) is 24.3 Å². The molecule has 30 heavy (non-hydrogen) atoms. The molecular weight excluding hydrogens is 464 g/mol. The predicted octanol–water partition coefficient (Wildman–Crippen LogP) is 6.12. The van der Waals surface area contributed by atoms with Gasteiger partial charge in [-0.2, -0.15) is 13.2 Å². The molecule has 2 aromatic rings. The average Bonchev–Trinajstić information content (AvgIpc) is 3.11. The van der Waals surface area contributed by atoms with Gasteiger partial charge in [-0.25, -0.2) is 0 Å². The third-order valence-corrected chi connectivity index (χ3v) is 5.36. The van der Waals surface area contributed by atoms with Gasteiger partial charge in [0.2, 0.25) is 12.0 Å². The molecule has 160 valence electrons. The number of carbonyl (C=O) groups is 1. The molecule has 1 amide bonds. The Bertz CT molecular complexity index is 975. The van der Waals surface area contributed by atoms with Crippen LogP contribution in [0.1, 0.15) is 36.0 Å². The van der Waals surface area contributed by atoms with Crippen molar-refractivity contribution in [2.24, 2.45) is 5.16 Å². The van der Waals surface area contributed by atoms with E-state index in [0.29, 0.717) is 17.5 Å². The van der Waals surface area contributed by atoms with Crippen LogP contribution < -0.4 is 5.32 Å². The first-order valence-electron chi connectivity index (χ1n) is 8.92. The molecule has 0 aromatic heterocycles. The molecule has 0 radical (unpaired) electrons. The first-order valence-corrected chi connectivity index (χ1v) is 10.1. The van der Waals surface area contributed by atoms with Gasteiger partial charge >= 0.3 is 6.18 Å². The zero-order chi connectivity index (χ0) is 22.1. The van der Waals surface area contributed by atoms with Gasteiger partial charge in [-0.1, -0.05) is 59.0 Å². The van der Waals surface area contributed by atoms with Crippen LogP contribution in [-0.2, 0) is 16.2 Å². The number of halogens is 6. The minimum absolute atomic E-state index is 0.0571. The molecule has 1 heterocycles. The highest BCUT2D eigenvalue weighted by Gasteiger charge is 2.53. The van der Waals surface area contributed by atoms with Gasteiger partial charge in [-0.15, -0.1) is 0 Å². The molecule has 1 aliphatic rings. The van der Waals surface area contributed by atoms with E-state index in [0.717, 1.165) is 0 Å². The van der Waals surface area contributed by atoms with Crippen molar-refractivity contribution in [2.75, 3.05) is 0 Å². The van der Waals surface area contributed by atoms with Crippen LogP contribution in [-0.4, -0.2) is 23.9 Å². The van der Waals surface area contributed by atoms with Crippen LogP contribution in [0.3, 0.4) is 0 Å². The Hall–Kier alpha value is -1.96. The highest BCUT2D eigenvalue weighted by Crippen LogP contribution is 2.42. The maximum atomic E-state index is 13.6. The molecule has 1 aliphatic heterocycles. The van der Waals surface area contributed by atoms with Gasteiger partial charge in [0.25, 0.3) is 0 Å². The highest BCUT2D eigenvalue weighted by atomic mass is 35.5. The Kier molecular flexibility index (Phi) is 6.84. The Labute approximate surface area is 185 Å². The lowest BCUT2D eigenvalue weighted by atomic mass is 9.85. The quantitative estimate of drug-likeness (QED) is 0.561. The second-order valence-electron chi connectivity index (χ2n) is 6.66. The Morgan fingerprint density at radius 2 is 1.80 bits per heavy atom. The van der Waals surface area contributed by atoms with Crippen LogP contribution in [0, 0.1) is 0 Å². The number of hydrogen-bond acceptors (Lipinski definition) is 3. The summed E-state index contributed by atoms with van der Waals surface area (Å²) in [7, 11) is 0. The summed E-state index contributed by atoms with van der Waals surface area (Å²) >= 11 is 18.3. The van der Waals surface area contributed by atoms with Crippen LogP contribution in [0.2, 0.25) is 15.1 Å². The summed E-state index contributed by atoms with van der Waals surface area (Å²) in [5, 5.41) is 7.09. The number of alkyl halides is 3. The van der Waals surface area contributed by atoms with Crippen LogP contribution in [0.4, 0.5) is 13.2 Å². The zero-order valence-electron chi connectivity index (χ0n) is 15.6. The van der Waals surface area contributed by atoms with Crippen LogP contribution in [0.5, 0.6) is 0 Å². The smallest absolute Gasteiger partial charge is 0.381 e. The van der Waals surface area contributed by atoms with Gasteiger partial charge in [0, 0.05) is 33.6 Å². The van der Waals surface area contributed by atoms with Crippen molar-refractivity contribution >= 4 is 46.4 Å². The maximum Gasteiger partial charge on any atom is 0.429 e. The SMILES string of the molecule is CCC(=O)NCc1ccc(C2=NOC(C(F)(F)F)C2c2cc(Cl)cc(Cl)c2)cc1Cl. The predicted molar refractivity (Wildman–Crippen MR) is 110 cm³/mol. The molecule has 1 N–H and O–H groups in total. The van der Waals surface area contributed by atoms with Crippen molar-refractivity contribution in [3.8, 4) is 0 Å². The number of hydrogen-bond donors (Lipinski definition) is 1. The summed E-state index contributed by atoms with van der Waals surface area (Å²) in [5.74, 6) is -1.42. The largest absolute Gasteiger partial charge is 0.429 e. The zero-order valence-corrected chi connectivity index (χ0v) is 17.8. The number of oxime groups is 1. The van der Waals surface area contributed by atoms with Crippen LogP contribution in [0.25, 0.3) is 0 Å². The summed E-state index contributed by atoms with van der Waals surface area (Å²) in [6, 6.07) is 8.93. The van der Waals surface area contributed by atoms with E-state index in [1.54, 1.807) is 19.1 Å². The number of nitrogens with zero attached hydrogens (tertiary/aromatic N) is 1. The van der Waals surface area contributed by atoms with Crippen molar-refractivity contribution in [2.45, 2.75) is 38.1 Å². The minimum Gasteiger partial charge on any atom is -0.381 e. The van der Waals surface area contributed by atoms with E-state index in [-0.39, 0.29) is 38.8 Å². The standard InChI is InChI=1S/C20H16Cl3F3N2O2/c1-2-16(29)27-9-11-4-3-10(7-15(11)23)18-17(19(30-28-18)20(24,25)26)12-5-13(21)8-14(22)6-12/h3-8,17,19H,2,9H2,1H3,(H,27,29). The maximum absolute atomic E-state index is 13.6. The van der Waals surface area contributed by atoms with E-state index in [1.807, 2.05) is 0 Å². The van der Waals surface area contributed by atoms with Crippen molar-refractivity contribution in [3.63, 3.8) is 0 Å². The fraction of sp³-hybridized carbons (Fsp3) is 0.300. The molecule has 0 fully saturated rings. The molecule has 0 saturated carbocycles. The number of nitrogens with one attached hydrogen (secondary N) is 1. The fourth-order valence-corrected chi connectivity index (χ4v) is 3.90. The van der Waals surface area contributed by atoms with Gasteiger partial charge in [0.1, 0.15) is 0 Å². The third-order valence-electron chi connectivity index (χ3n) is 4.57. The van der Waals surface area contributed by atoms with Gasteiger partial charge in [0.05, 0.1) is 11.6 Å². The minimum atomic E-state index is -4.67. The average molecular weight is 480 g/mol. The molecule has 0 bridgehead atoms. The summed E-state index contributed by atoms with van der Waals surface area (Å²) in [6.45, 7) is 1.92. The van der Waals surface area contributed by atoms with Gasteiger partial charge in [-0.3, -0.25) is 4.79 Å². The summed E-state index contributed by atoms with van der Waals surface area (Å²) in [4.78, 5) is 16.2. The first-order chi connectivity index (χ1) is 14.1. The molecule has 0 spiro atoms. The van der Waals surface area contributed by atoms with Gasteiger partial charge in [0.15, 0.2) is 0 Å².